The summed E-state index contributed by atoms with van der Waals surface area (Å²) >= 11 is 0.732. The van der Waals surface area contributed by atoms with Crippen LogP contribution in [0.3, 0.4) is 0 Å². The second-order valence-corrected chi connectivity index (χ2v) is 10.3. The average molecular weight is 567 g/mol. The number of alkyl halides is 3. The van der Waals surface area contributed by atoms with Crippen molar-refractivity contribution in [3.63, 3.8) is 0 Å². The molecule has 0 radical (unpaired) electrons. The van der Waals surface area contributed by atoms with E-state index in [9.17, 15) is 32.7 Å². The van der Waals surface area contributed by atoms with Gasteiger partial charge in [0.05, 0.1) is 21.8 Å². The number of nitrogens with zero attached hydrogens (tertiary/aromatic N) is 2. The smallest absolute Gasteiger partial charge is 0.416 e. The first-order chi connectivity index (χ1) is 18.9. The van der Waals surface area contributed by atoms with Crippen LogP contribution in [0.2, 0.25) is 0 Å². The maximum Gasteiger partial charge on any atom is 0.416 e. The van der Waals surface area contributed by atoms with Crippen molar-refractivity contribution >= 4 is 57.7 Å². The number of hydrogen-bond acceptors (Lipinski definition) is 7. The first kappa shape index (κ1) is 27.0. The number of thioether (sulfide) groups is 1. The number of aromatic hydroxyl groups is 1. The van der Waals surface area contributed by atoms with Crippen LogP contribution in [-0.4, -0.2) is 27.9 Å². The van der Waals surface area contributed by atoms with E-state index in [-0.39, 0.29) is 39.2 Å². The maximum absolute atomic E-state index is 13.5. The number of rotatable bonds is 5. The molecule has 3 N–H and O–H groups in total. The Hall–Kier alpha value is -4.58. The van der Waals surface area contributed by atoms with Gasteiger partial charge in [-0.2, -0.15) is 18.3 Å². The van der Waals surface area contributed by atoms with Crippen molar-refractivity contribution in [3.05, 3.63) is 87.8 Å². The summed E-state index contributed by atoms with van der Waals surface area (Å²) in [6, 6.07) is 14.3. The van der Waals surface area contributed by atoms with Crippen LogP contribution in [-0.2, 0) is 15.8 Å². The van der Waals surface area contributed by atoms with Crippen LogP contribution in [0.1, 0.15) is 42.0 Å². The molecule has 2 aliphatic heterocycles. The van der Waals surface area contributed by atoms with E-state index in [1.807, 2.05) is 26.0 Å². The minimum absolute atomic E-state index is 0.0331. The highest BCUT2D eigenvalue weighted by molar-refractivity contribution is 8.18. The lowest BCUT2D eigenvalue weighted by molar-refractivity contribution is -0.137. The molecule has 0 saturated carbocycles. The van der Waals surface area contributed by atoms with Gasteiger partial charge in [0.2, 0.25) is 0 Å². The quantitative estimate of drug-likeness (QED) is 0.189. The van der Waals surface area contributed by atoms with Gasteiger partial charge in [0.15, 0.2) is 5.71 Å². The molecular formula is C28H21F3N4O4S. The lowest BCUT2D eigenvalue weighted by Crippen LogP contribution is -2.26. The van der Waals surface area contributed by atoms with Crippen LogP contribution in [0.5, 0.6) is 5.75 Å². The van der Waals surface area contributed by atoms with Gasteiger partial charge in [0.1, 0.15) is 5.75 Å². The zero-order valence-electron chi connectivity index (χ0n) is 21.0. The Kier molecular flexibility index (Phi) is 6.88. The van der Waals surface area contributed by atoms with E-state index in [4.69, 9.17) is 0 Å². The molecule has 0 atom stereocenters. The van der Waals surface area contributed by atoms with E-state index in [1.54, 1.807) is 18.2 Å². The Morgan fingerprint density at radius 1 is 1.02 bits per heavy atom. The summed E-state index contributed by atoms with van der Waals surface area (Å²) in [6.45, 7) is 4.00. The molecule has 0 unspecified atom stereocenters. The van der Waals surface area contributed by atoms with Crippen LogP contribution >= 0.6 is 11.8 Å². The van der Waals surface area contributed by atoms with E-state index in [1.165, 1.54) is 29.2 Å². The van der Waals surface area contributed by atoms with Gasteiger partial charge in [-0.1, -0.05) is 32.0 Å². The van der Waals surface area contributed by atoms with Crippen LogP contribution < -0.4 is 15.6 Å². The third kappa shape index (κ3) is 5.17. The number of benzene rings is 3. The number of phenols is 1. The fraction of sp³-hybridized carbons (Fsp3) is 0.143. The number of hydrogen-bond donors (Lipinski definition) is 3. The monoisotopic (exact) mass is 566 g/mol. The van der Waals surface area contributed by atoms with Crippen molar-refractivity contribution in [2.45, 2.75) is 25.9 Å². The molecule has 2 heterocycles. The minimum atomic E-state index is -4.61. The first-order valence-corrected chi connectivity index (χ1v) is 12.8. The minimum Gasteiger partial charge on any atom is -0.506 e. The molecule has 0 spiro atoms. The lowest BCUT2D eigenvalue weighted by atomic mass is 10.0. The van der Waals surface area contributed by atoms with Crippen molar-refractivity contribution in [1.29, 1.82) is 0 Å². The number of amides is 3. The molecule has 3 aromatic rings. The zero-order chi connectivity index (χ0) is 28.8. The number of halogens is 3. The van der Waals surface area contributed by atoms with E-state index >= 15 is 0 Å². The molecule has 3 amide bonds. The number of imide groups is 1. The standard InChI is InChI=1S/C28H21F3N4O4S/c1-14(2)16-4-7-18(8-5-16)35-21-13-17(28(29,30)31)6-9-19(21)24(26(35)38)34-33-20-10-3-15(11-22(20)36)12-23-25(37)32-27(39)40-23/h3-14,33,36H,1-2H3,(H,32,37,39). The maximum atomic E-state index is 13.5. The molecule has 0 aliphatic carbocycles. The predicted octanol–water partition coefficient (Wildman–Crippen LogP) is 6.35. The third-order valence-corrected chi connectivity index (χ3v) is 7.11. The van der Waals surface area contributed by atoms with E-state index in [0.717, 1.165) is 29.5 Å². The van der Waals surface area contributed by atoms with Gasteiger partial charge in [-0.05, 0) is 77.3 Å². The average Bonchev–Trinajstić information content (AvgIpc) is 3.36. The second-order valence-electron chi connectivity index (χ2n) is 9.32. The topological polar surface area (TPSA) is 111 Å². The van der Waals surface area contributed by atoms with Gasteiger partial charge in [-0.25, -0.2) is 0 Å². The summed E-state index contributed by atoms with van der Waals surface area (Å²) in [7, 11) is 0. The highest BCUT2D eigenvalue weighted by atomic mass is 32.2. The lowest BCUT2D eigenvalue weighted by Gasteiger charge is -2.19. The highest BCUT2D eigenvalue weighted by Gasteiger charge is 2.39. The van der Waals surface area contributed by atoms with E-state index in [0.29, 0.717) is 11.3 Å². The Morgan fingerprint density at radius 2 is 1.75 bits per heavy atom. The number of carbonyl (C=O) groups is 3. The van der Waals surface area contributed by atoms with E-state index < -0.39 is 28.8 Å². The summed E-state index contributed by atoms with van der Waals surface area (Å²) in [6.07, 6.45) is -3.19. The molecule has 12 heteroatoms. The summed E-state index contributed by atoms with van der Waals surface area (Å²) in [4.78, 5) is 37.9. The Bertz CT molecular complexity index is 1610. The van der Waals surface area contributed by atoms with Crippen molar-refractivity contribution in [2.24, 2.45) is 5.10 Å². The van der Waals surface area contributed by atoms with Crippen LogP contribution in [0.15, 0.2) is 70.7 Å². The second kappa shape index (κ2) is 10.2. The number of fused-ring (bicyclic) bond motifs is 1. The fourth-order valence-electron chi connectivity index (χ4n) is 4.22. The molecule has 0 aromatic heterocycles. The number of anilines is 3. The van der Waals surface area contributed by atoms with Crippen LogP contribution in [0.4, 0.5) is 35.0 Å². The molecule has 1 saturated heterocycles. The number of phenolic OH excluding ortho intramolecular Hbond substituents is 1. The number of carbonyl (C=O) groups excluding carboxylic acids is 3. The fourth-order valence-corrected chi connectivity index (χ4v) is 4.90. The molecule has 204 valence electrons. The molecular weight excluding hydrogens is 545 g/mol. The highest BCUT2D eigenvalue weighted by Crippen LogP contribution is 2.41. The van der Waals surface area contributed by atoms with Gasteiger partial charge < -0.3 is 5.11 Å². The number of hydrazone groups is 1. The van der Waals surface area contributed by atoms with Gasteiger partial charge in [-0.3, -0.25) is 30.0 Å². The summed E-state index contributed by atoms with van der Waals surface area (Å²) in [5.74, 6) is -1.24. The largest absolute Gasteiger partial charge is 0.506 e. The van der Waals surface area contributed by atoms with Crippen molar-refractivity contribution in [3.8, 4) is 5.75 Å². The summed E-state index contributed by atoms with van der Waals surface area (Å²) in [5.41, 5.74) is 3.71. The third-order valence-electron chi connectivity index (χ3n) is 6.29. The molecule has 8 nitrogen and oxygen atoms in total. The summed E-state index contributed by atoms with van der Waals surface area (Å²) in [5, 5.41) is 16.3. The first-order valence-electron chi connectivity index (χ1n) is 12.0. The van der Waals surface area contributed by atoms with E-state index in [2.05, 4.69) is 15.8 Å². The molecule has 0 bridgehead atoms. The molecule has 3 aromatic carbocycles. The SMILES string of the molecule is CC(C)c1ccc(N2C(=O)C(=NNc3ccc(C=C4SC(=O)NC4=O)cc3O)c3ccc(C(F)(F)F)cc32)cc1. The van der Waals surface area contributed by atoms with Gasteiger partial charge in [0, 0.05) is 11.3 Å². The van der Waals surface area contributed by atoms with Gasteiger partial charge in [-0.15, -0.1) is 0 Å². The Balaban J connectivity index is 1.48. The predicted molar refractivity (Wildman–Crippen MR) is 146 cm³/mol. The molecule has 40 heavy (non-hydrogen) atoms. The van der Waals surface area contributed by atoms with Crippen molar-refractivity contribution in [2.75, 3.05) is 10.3 Å². The van der Waals surface area contributed by atoms with Gasteiger partial charge in [0.25, 0.3) is 17.1 Å². The Labute approximate surface area is 230 Å². The van der Waals surface area contributed by atoms with Crippen LogP contribution in [0.25, 0.3) is 6.08 Å². The Morgan fingerprint density at radius 3 is 2.35 bits per heavy atom. The van der Waals surface area contributed by atoms with Gasteiger partial charge >= 0.3 is 6.18 Å². The number of nitrogens with one attached hydrogen (secondary N) is 2. The van der Waals surface area contributed by atoms with Crippen molar-refractivity contribution in [1.82, 2.24) is 5.32 Å². The normalized spacial score (nSPS) is 17.2. The molecule has 5 rings (SSSR count). The van der Waals surface area contributed by atoms with Crippen LogP contribution in [0, 0.1) is 0 Å². The zero-order valence-corrected chi connectivity index (χ0v) is 21.9. The van der Waals surface area contributed by atoms with Crippen molar-refractivity contribution < 1.29 is 32.7 Å². The molecule has 1 fully saturated rings. The molecule has 2 aliphatic rings. The summed E-state index contributed by atoms with van der Waals surface area (Å²) < 4.78 is 40.6.